The lowest BCUT2D eigenvalue weighted by Gasteiger charge is -2.29. The van der Waals surface area contributed by atoms with Crippen molar-refractivity contribution in [2.24, 2.45) is 0 Å². The Hall–Kier alpha value is -2.85. The van der Waals surface area contributed by atoms with E-state index in [0.717, 1.165) is 13.8 Å². The number of rotatable bonds is 7. The molecule has 1 amide bonds. The molecule has 3 aromatic rings. The van der Waals surface area contributed by atoms with Crippen LogP contribution in [0.1, 0.15) is 24.2 Å². The van der Waals surface area contributed by atoms with Crippen LogP contribution in [-0.2, 0) is 4.74 Å². The standard InChI is InChI=1S/C20H21ClF2N6O2/c1-20(2,23)17(22)8-26-19(30)13-6-24-15(4-14(13)28-12-9-31-10-12)16-7-25-18-3-11(21)5-27-29(16)18/h3-7,12,17H,8-10H2,1-2H3,(H,24,28)(H,26,30). The van der Waals surface area contributed by atoms with Gasteiger partial charge in [0.25, 0.3) is 5.91 Å². The van der Waals surface area contributed by atoms with Crippen molar-refractivity contribution in [1.82, 2.24) is 24.9 Å². The van der Waals surface area contributed by atoms with Crippen LogP contribution in [0.5, 0.6) is 0 Å². The minimum absolute atomic E-state index is 0.0274. The monoisotopic (exact) mass is 450 g/mol. The van der Waals surface area contributed by atoms with Gasteiger partial charge in [-0.2, -0.15) is 5.10 Å². The Labute approximate surface area is 182 Å². The molecule has 1 fully saturated rings. The average Bonchev–Trinajstić information content (AvgIpc) is 3.10. The molecular weight excluding hydrogens is 430 g/mol. The number of nitrogens with zero attached hydrogens (tertiary/aromatic N) is 4. The Kier molecular flexibility index (Phi) is 5.76. The van der Waals surface area contributed by atoms with Crippen molar-refractivity contribution >= 4 is 28.8 Å². The summed E-state index contributed by atoms with van der Waals surface area (Å²) >= 11 is 5.97. The second-order valence-corrected chi connectivity index (χ2v) is 8.26. The zero-order chi connectivity index (χ0) is 22.2. The van der Waals surface area contributed by atoms with E-state index >= 15 is 0 Å². The molecule has 11 heteroatoms. The maximum absolute atomic E-state index is 13.9. The van der Waals surface area contributed by atoms with Gasteiger partial charge in [0.2, 0.25) is 0 Å². The summed E-state index contributed by atoms with van der Waals surface area (Å²) < 4.78 is 34.4. The fraction of sp³-hybridized carbons (Fsp3) is 0.400. The molecule has 1 unspecified atom stereocenters. The first-order valence-corrected chi connectivity index (χ1v) is 10.1. The highest BCUT2D eigenvalue weighted by Crippen LogP contribution is 2.26. The second kappa shape index (κ2) is 8.35. The molecule has 0 aromatic carbocycles. The Bertz CT molecular complexity index is 1110. The molecule has 4 rings (SSSR count). The van der Waals surface area contributed by atoms with Crippen LogP contribution in [0.4, 0.5) is 14.5 Å². The van der Waals surface area contributed by atoms with Gasteiger partial charge in [-0.05, 0) is 19.9 Å². The maximum Gasteiger partial charge on any atom is 0.255 e. The lowest BCUT2D eigenvalue weighted by atomic mass is 10.1. The summed E-state index contributed by atoms with van der Waals surface area (Å²) in [6.45, 7) is 2.80. The van der Waals surface area contributed by atoms with Gasteiger partial charge in [0, 0.05) is 12.3 Å². The van der Waals surface area contributed by atoms with Crippen LogP contribution >= 0.6 is 11.6 Å². The average molecular weight is 451 g/mol. The molecule has 2 N–H and O–H groups in total. The van der Waals surface area contributed by atoms with Gasteiger partial charge in [-0.3, -0.25) is 9.78 Å². The summed E-state index contributed by atoms with van der Waals surface area (Å²) in [6, 6.07) is 3.39. The number of alkyl halides is 2. The number of carbonyl (C=O) groups is 1. The number of nitrogens with one attached hydrogen (secondary N) is 2. The van der Waals surface area contributed by atoms with Crippen molar-refractivity contribution in [1.29, 1.82) is 0 Å². The van der Waals surface area contributed by atoms with Crippen LogP contribution in [0.15, 0.2) is 30.7 Å². The van der Waals surface area contributed by atoms with Crippen molar-refractivity contribution < 1.29 is 18.3 Å². The highest BCUT2D eigenvalue weighted by atomic mass is 35.5. The fourth-order valence-corrected chi connectivity index (χ4v) is 3.12. The highest BCUT2D eigenvalue weighted by Gasteiger charge is 2.30. The maximum atomic E-state index is 13.9. The van der Waals surface area contributed by atoms with Crippen LogP contribution in [-0.4, -0.2) is 63.1 Å². The quantitative estimate of drug-likeness (QED) is 0.574. The van der Waals surface area contributed by atoms with Gasteiger partial charge in [0.1, 0.15) is 11.4 Å². The zero-order valence-corrected chi connectivity index (χ0v) is 17.7. The van der Waals surface area contributed by atoms with Crippen molar-refractivity contribution in [3.63, 3.8) is 0 Å². The van der Waals surface area contributed by atoms with Crippen molar-refractivity contribution in [3.8, 4) is 11.4 Å². The highest BCUT2D eigenvalue weighted by molar-refractivity contribution is 6.30. The van der Waals surface area contributed by atoms with Gasteiger partial charge in [-0.15, -0.1) is 0 Å². The molecule has 1 aliphatic rings. The number of carbonyl (C=O) groups excluding carboxylic acids is 1. The third-order valence-electron chi connectivity index (χ3n) is 4.92. The summed E-state index contributed by atoms with van der Waals surface area (Å²) in [4.78, 5) is 21.3. The van der Waals surface area contributed by atoms with E-state index in [4.69, 9.17) is 16.3 Å². The minimum atomic E-state index is -2.06. The van der Waals surface area contributed by atoms with E-state index in [1.54, 1.807) is 22.8 Å². The van der Waals surface area contributed by atoms with Gasteiger partial charge in [0.05, 0.1) is 60.2 Å². The molecular formula is C20H21ClF2N6O2. The van der Waals surface area contributed by atoms with Gasteiger partial charge in [0.15, 0.2) is 11.8 Å². The molecule has 1 saturated heterocycles. The molecule has 164 valence electrons. The Morgan fingerprint density at radius 3 is 2.77 bits per heavy atom. The molecule has 0 radical (unpaired) electrons. The SMILES string of the molecule is CC(C)(F)C(F)CNC(=O)c1cnc(-c2cnc3cc(Cl)cnn23)cc1NC1COC1. The van der Waals surface area contributed by atoms with E-state index < -0.39 is 24.3 Å². The van der Waals surface area contributed by atoms with Gasteiger partial charge < -0.3 is 15.4 Å². The number of aromatic nitrogens is 4. The van der Waals surface area contributed by atoms with Gasteiger partial charge in [-0.25, -0.2) is 18.3 Å². The summed E-state index contributed by atoms with van der Waals surface area (Å²) in [7, 11) is 0. The summed E-state index contributed by atoms with van der Waals surface area (Å²) in [5, 5.41) is 10.4. The van der Waals surface area contributed by atoms with Crippen LogP contribution < -0.4 is 10.6 Å². The first-order valence-electron chi connectivity index (χ1n) is 9.67. The number of pyridine rings is 1. The number of fused-ring (bicyclic) bond motifs is 1. The van der Waals surface area contributed by atoms with Crippen LogP contribution in [0.2, 0.25) is 5.02 Å². The van der Waals surface area contributed by atoms with E-state index in [9.17, 15) is 13.6 Å². The van der Waals surface area contributed by atoms with Crippen molar-refractivity contribution in [3.05, 3.63) is 41.3 Å². The molecule has 0 aliphatic carbocycles. The fourth-order valence-electron chi connectivity index (χ4n) is 2.98. The van der Waals surface area contributed by atoms with E-state index in [0.29, 0.717) is 41.0 Å². The third kappa shape index (κ3) is 4.59. The number of imidazole rings is 1. The number of anilines is 1. The number of hydrogen-bond donors (Lipinski definition) is 2. The van der Waals surface area contributed by atoms with E-state index in [1.807, 2.05) is 0 Å². The molecule has 0 saturated carbocycles. The normalized spacial score (nSPS) is 15.5. The van der Waals surface area contributed by atoms with E-state index in [-0.39, 0.29) is 11.6 Å². The Morgan fingerprint density at radius 2 is 2.10 bits per heavy atom. The summed E-state index contributed by atoms with van der Waals surface area (Å²) in [5.74, 6) is -0.559. The molecule has 3 aromatic heterocycles. The topological polar surface area (TPSA) is 93.4 Å². The molecule has 4 heterocycles. The molecule has 31 heavy (non-hydrogen) atoms. The first-order chi connectivity index (χ1) is 14.7. The molecule has 0 bridgehead atoms. The predicted octanol–water partition coefficient (Wildman–Crippen LogP) is 3.07. The number of ether oxygens (including phenoxy) is 1. The molecule has 8 nitrogen and oxygen atoms in total. The van der Waals surface area contributed by atoms with Crippen molar-refractivity contribution in [2.75, 3.05) is 25.1 Å². The van der Waals surface area contributed by atoms with Crippen LogP contribution in [0, 0.1) is 0 Å². The van der Waals surface area contributed by atoms with Crippen molar-refractivity contribution in [2.45, 2.75) is 31.7 Å². The minimum Gasteiger partial charge on any atom is -0.377 e. The zero-order valence-electron chi connectivity index (χ0n) is 16.9. The number of hydrogen-bond acceptors (Lipinski definition) is 6. The summed E-state index contributed by atoms with van der Waals surface area (Å²) in [6.07, 6.45) is 2.65. The smallest absolute Gasteiger partial charge is 0.255 e. The van der Waals surface area contributed by atoms with E-state index in [1.165, 1.54) is 12.4 Å². The molecule has 1 aliphatic heterocycles. The molecule has 0 spiro atoms. The number of amides is 1. The molecule has 1 atom stereocenters. The van der Waals surface area contributed by atoms with Crippen LogP contribution in [0.3, 0.4) is 0 Å². The van der Waals surface area contributed by atoms with Crippen LogP contribution in [0.25, 0.3) is 17.0 Å². The number of halogens is 3. The second-order valence-electron chi connectivity index (χ2n) is 7.82. The summed E-state index contributed by atoms with van der Waals surface area (Å²) in [5.41, 5.74) is 0.331. The third-order valence-corrected chi connectivity index (χ3v) is 5.13. The first kappa shape index (κ1) is 21.4. The van der Waals surface area contributed by atoms with E-state index in [2.05, 4.69) is 25.7 Å². The predicted molar refractivity (Wildman–Crippen MR) is 112 cm³/mol. The van der Waals surface area contributed by atoms with Gasteiger partial charge >= 0.3 is 0 Å². The Balaban J connectivity index is 1.63. The lowest BCUT2D eigenvalue weighted by Crippen LogP contribution is -2.42. The van der Waals surface area contributed by atoms with Gasteiger partial charge in [-0.1, -0.05) is 11.6 Å². The Morgan fingerprint density at radius 1 is 1.32 bits per heavy atom. The lowest BCUT2D eigenvalue weighted by molar-refractivity contribution is 0.0210. The largest absolute Gasteiger partial charge is 0.377 e.